The molecule has 0 fully saturated rings. The SMILES string of the molecule is CCCCOC(=O)c1ccc(NC(=O)NC(C)C(C)CO)cc1. The lowest BCUT2D eigenvalue weighted by atomic mass is 10.1. The summed E-state index contributed by atoms with van der Waals surface area (Å²) in [7, 11) is 0. The third-order valence-corrected chi connectivity index (χ3v) is 3.61. The zero-order valence-electron chi connectivity index (χ0n) is 14.0. The molecule has 0 radical (unpaired) electrons. The van der Waals surface area contributed by atoms with Crippen LogP contribution in [0.3, 0.4) is 0 Å². The Labute approximate surface area is 137 Å². The van der Waals surface area contributed by atoms with Gasteiger partial charge in [0.2, 0.25) is 0 Å². The van der Waals surface area contributed by atoms with Crippen LogP contribution in [-0.4, -0.2) is 36.4 Å². The Morgan fingerprint density at radius 3 is 2.43 bits per heavy atom. The minimum Gasteiger partial charge on any atom is -0.462 e. The molecule has 1 aromatic carbocycles. The average Bonchev–Trinajstić information content (AvgIpc) is 2.54. The van der Waals surface area contributed by atoms with Gasteiger partial charge in [0.25, 0.3) is 0 Å². The number of unbranched alkanes of at least 4 members (excludes halogenated alkanes) is 1. The smallest absolute Gasteiger partial charge is 0.338 e. The Balaban J connectivity index is 2.50. The number of esters is 1. The molecule has 0 saturated carbocycles. The molecule has 0 aliphatic carbocycles. The van der Waals surface area contributed by atoms with Gasteiger partial charge in [0.1, 0.15) is 0 Å². The molecule has 0 bridgehead atoms. The summed E-state index contributed by atoms with van der Waals surface area (Å²) in [5.41, 5.74) is 1.03. The van der Waals surface area contributed by atoms with Gasteiger partial charge in [-0.15, -0.1) is 0 Å². The van der Waals surface area contributed by atoms with Gasteiger partial charge in [0.15, 0.2) is 0 Å². The van der Waals surface area contributed by atoms with E-state index in [1.807, 2.05) is 20.8 Å². The number of hydrogen-bond donors (Lipinski definition) is 3. The molecule has 0 aliphatic heterocycles. The molecule has 2 atom stereocenters. The minimum absolute atomic E-state index is 0.0102. The normalized spacial score (nSPS) is 13.0. The van der Waals surface area contributed by atoms with Crippen molar-refractivity contribution in [3.05, 3.63) is 29.8 Å². The number of rotatable bonds is 8. The Bertz CT molecular complexity index is 502. The van der Waals surface area contributed by atoms with E-state index >= 15 is 0 Å². The van der Waals surface area contributed by atoms with Crippen LogP contribution in [0.5, 0.6) is 0 Å². The molecule has 23 heavy (non-hydrogen) atoms. The summed E-state index contributed by atoms with van der Waals surface area (Å²) in [6.45, 7) is 6.14. The molecule has 6 nitrogen and oxygen atoms in total. The van der Waals surface area contributed by atoms with Crippen LogP contribution in [0.15, 0.2) is 24.3 Å². The van der Waals surface area contributed by atoms with Crippen molar-refractivity contribution < 1.29 is 19.4 Å². The molecule has 3 N–H and O–H groups in total. The van der Waals surface area contributed by atoms with E-state index in [4.69, 9.17) is 9.84 Å². The predicted octanol–water partition coefficient (Wildman–Crippen LogP) is 2.78. The van der Waals surface area contributed by atoms with E-state index in [-0.39, 0.29) is 30.6 Å². The average molecular weight is 322 g/mol. The predicted molar refractivity (Wildman–Crippen MR) is 89.5 cm³/mol. The molecule has 0 heterocycles. The molecule has 128 valence electrons. The first-order valence-electron chi connectivity index (χ1n) is 7.93. The first-order chi connectivity index (χ1) is 11.0. The van der Waals surface area contributed by atoms with E-state index in [1.165, 1.54) is 0 Å². The molecule has 0 aliphatic rings. The van der Waals surface area contributed by atoms with E-state index in [2.05, 4.69) is 10.6 Å². The van der Waals surface area contributed by atoms with Crippen LogP contribution < -0.4 is 10.6 Å². The van der Waals surface area contributed by atoms with Gasteiger partial charge in [-0.1, -0.05) is 20.3 Å². The van der Waals surface area contributed by atoms with Gasteiger partial charge in [-0.05, 0) is 43.5 Å². The lowest BCUT2D eigenvalue weighted by Crippen LogP contribution is -2.40. The largest absolute Gasteiger partial charge is 0.462 e. The van der Waals surface area contributed by atoms with Crippen LogP contribution in [0.1, 0.15) is 44.0 Å². The molecule has 0 aromatic heterocycles. The van der Waals surface area contributed by atoms with Crippen LogP contribution in [0, 0.1) is 5.92 Å². The summed E-state index contributed by atoms with van der Waals surface area (Å²) < 4.78 is 5.12. The maximum Gasteiger partial charge on any atom is 0.338 e. The second-order valence-electron chi connectivity index (χ2n) is 5.61. The Morgan fingerprint density at radius 2 is 1.87 bits per heavy atom. The fourth-order valence-electron chi connectivity index (χ4n) is 1.76. The van der Waals surface area contributed by atoms with Gasteiger partial charge in [-0.25, -0.2) is 9.59 Å². The highest BCUT2D eigenvalue weighted by Gasteiger charge is 2.14. The number of aliphatic hydroxyl groups is 1. The fourth-order valence-corrected chi connectivity index (χ4v) is 1.76. The van der Waals surface area contributed by atoms with Crippen molar-refractivity contribution in [2.75, 3.05) is 18.5 Å². The molecule has 1 aromatic rings. The van der Waals surface area contributed by atoms with E-state index < -0.39 is 0 Å². The van der Waals surface area contributed by atoms with Crippen molar-refractivity contribution in [2.45, 2.75) is 39.7 Å². The number of anilines is 1. The number of benzene rings is 1. The van der Waals surface area contributed by atoms with Crippen molar-refractivity contribution in [3.63, 3.8) is 0 Å². The number of amides is 2. The van der Waals surface area contributed by atoms with E-state index in [1.54, 1.807) is 24.3 Å². The highest BCUT2D eigenvalue weighted by Crippen LogP contribution is 2.11. The zero-order valence-corrected chi connectivity index (χ0v) is 14.0. The maximum atomic E-state index is 11.8. The summed E-state index contributed by atoms with van der Waals surface area (Å²) in [6, 6.07) is 6.03. The highest BCUT2D eigenvalue weighted by molar-refractivity contribution is 5.92. The van der Waals surface area contributed by atoms with Gasteiger partial charge in [-0.2, -0.15) is 0 Å². The van der Waals surface area contributed by atoms with E-state index in [0.717, 1.165) is 12.8 Å². The van der Waals surface area contributed by atoms with Gasteiger partial charge < -0.3 is 20.5 Å². The second-order valence-corrected chi connectivity index (χ2v) is 5.61. The van der Waals surface area contributed by atoms with Crippen molar-refractivity contribution in [3.8, 4) is 0 Å². The Hall–Kier alpha value is -2.08. The number of carbonyl (C=O) groups excluding carboxylic acids is 2. The Morgan fingerprint density at radius 1 is 1.22 bits per heavy atom. The molecule has 2 unspecified atom stereocenters. The third kappa shape index (κ3) is 6.69. The molecular weight excluding hydrogens is 296 g/mol. The van der Waals surface area contributed by atoms with Gasteiger partial charge in [-0.3, -0.25) is 0 Å². The standard InChI is InChI=1S/C17H26N2O4/c1-4-5-10-23-16(21)14-6-8-15(9-7-14)19-17(22)18-13(3)12(2)11-20/h6-9,12-13,20H,4-5,10-11H2,1-3H3,(H2,18,19,22). The molecular formula is C17H26N2O4. The van der Waals surface area contributed by atoms with Crippen molar-refractivity contribution >= 4 is 17.7 Å². The molecule has 2 amide bonds. The first kappa shape index (κ1) is 19.0. The lowest BCUT2D eigenvalue weighted by molar-refractivity contribution is 0.0500. The summed E-state index contributed by atoms with van der Waals surface area (Å²) >= 11 is 0. The molecule has 1 rings (SSSR count). The fraction of sp³-hybridized carbons (Fsp3) is 0.529. The number of carbonyl (C=O) groups is 2. The first-order valence-corrected chi connectivity index (χ1v) is 7.93. The number of hydrogen-bond acceptors (Lipinski definition) is 4. The van der Waals surface area contributed by atoms with E-state index in [9.17, 15) is 9.59 Å². The maximum absolute atomic E-state index is 11.8. The molecule has 6 heteroatoms. The molecule has 0 saturated heterocycles. The topological polar surface area (TPSA) is 87.7 Å². The second kappa shape index (κ2) is 9.84. The number of urea groups is 1. The number of aliphatic hydroxyl groups excluding tert-OH is 1. The summed E-state index contributed by atoms with van der Waals surface area (Å²) in [5, 5.41) is 14.5. The van der Waals surface area contributed by atoms with Crippen LogP contribution in [-0.2, 0) is 4.74 Å². The molecule has 0 spiro atoms. The zero-order chi connectivity index (χ0) is 17.2. The van der Waals surface area contributed by atoms with Crippen LogP contribution in [0.25, 0.3) is 0 Å². The van der Waals surface area contributed by atoms with Crippen LogP contribution in [0.4, 0.5) is 10.5 Å². The lowest BCUT2D eigenvalue weighted by Gasteiger charge is -2.19. The van der Waals surface area contributed by atoms with Crippen molar-refractivity contribution in [1.29, 1.82) is 0 Å². The van der Waals surface area contributed by atoms with Crippen molar-refractivity contribution in [2.24, 2.45) is 5.92 Å². The number of ether oxygens (including phenoxy) is 1. The van der Waals surface area contributed by atoms with Crippen LogP contribution in [0.2, 0.25) is 0 Å². The summed E-state index contributed by atoms with van der Waals surface area (Å²) in [6.07, 6.45) is 1.81. The third-order valence-electron chi connectivity index (χ3n) is 3.61. The number of nitrogens with one attached hydrogen (secondary N) is 2. The van der Waals surface area contributed by atoms with Crippen LogP contribution >= 0.6 is 0 Å². The summed E-state index contributed by atoms with van der Waals surface area (Å²) in [4.78, 5) is 23.6. The van der Waals surface area contributed by atoms with Gasteiger partial charge in [0, 0.05) is 18.3 Å². The highest BCUT2D eigenvalue weighted by atomic mass is 16.5. The monoisotopic (exact) mass is 322 g/mol. The summed E-state index contributed by atoms with van der Waals surface area (Å²) in [5.74, 6) is -0.388. The quantitative estimate of drug-likeness (QED) is 0.507. The van der Waals surface area contributed by atoms with Gasteiger partial charge in [0.05, 0.1) is 12.2 Å². The van der Waals surface area contributed by atoms with Crippen molar-refractivity contribution in [1.82, 2.24) is 5.32 Å². The van der Waals surface area contributed by atoms with Gasteiger partial charge >= 0.3 is 12.0 Å². The van der Waals surface area contributed by atoms with E-state index in [0.29, 0.717) is 17.9 Å². The minimum atomic E-state index is -0.361. The Kier molecular flexibility index (Phi) is 8.11.